The molecule has 0 aliphatic heterocycles. The van der Waals surface area contributed by atoms with Gasteiger partial charge in [0.25, 0.3) is 10.0 Å². The Morgan fingerprint density at radius 2 is 1.36 bits per heavy atom. The van der Waals surface area contributed by atoms with Crippen molar-refractivity contribution in [3.8, 4) is 0 Å². The van der Waals surface area contributed by atoms with E-state index < -0.39 is 31.7 Å². The molecule has 3 rings (SSSR count). The number of sulfonamides is 2. The fraction of sp³-hybridized carbons (Fsp3) is 0.200. The van der Waals surface area contributed by atoms with Gasteiger partial charge in [-0.1, -0.05) is 0 Å². The second-order valence-corrected chi connectivity index (χ2v) is 9.00. The third kappa shape index (κ3) is 4.14. The molecule has 1 aliphatic carbocycles. The Kier molecular flexibility index (Phi) is 4.52. The monoisotopic (exact) mass is 388 g/mol. The van der Waals surface area contributed by atoms with Gasteiger partial charge in [-0.25, -0.2) is 30.3 Å². The van der Waals surface area contributed by atoms with Gasteiger partial charge in [0.1, 0.15) is 0 Å². The van der Waals surface area contributed by atoms with Gasteiger partial charge in [0.05, 0.1) is 15.5 Å². The van der Waals surface area contributed by atoms with Crippen molar-refractivity contribution in [1.82, 2.24) is 4.72 Å². The van der Waals surface area contributed by atoms with Gasteiger partial charge in [0.15, 0.2) is 11.6 Å². The van der Waals surface area contributed by atoms with Crippen LogP contribution in [0, 0.1) is 11.6 Å². The summed E-state index contributed by atoms with van der Waals surface area (Å²) in [6.07, 6.45) is 1.56. The van der Waals surface area contributed by atoms with E-state index >= 15 is 0 Å². The quantitative estimate of drug-likeness (QED) is 0.794. The molecular formula is C15H14F2N2O4S2. The SMILES string of the molecule is O=S(=O)(Nc1ccc(F)c(F)c1)c1ccc(S(=O)(=O)NC2CC2)cc1. The summed E-state index contributed by atoms with van der Waals surface area (Å²) in [6.45, 7) is 0. The van der Waals surface area contributed by atoms with Crippen LogP contribution in [0.25, 0.3) is 0 Å². The Morgan fingerprint density at radius 3 is 1.88 bits per heavy atom. The molecule has 0 amide bonds. The van der Waals surface area contributed by atoms with Gasteiger partial charge in [-0.15, -0.1) is 0 Å². The number of hydrogen-bond donors (Lipinski definition) is 2. The number of benzene rings is 2. The summed E-state index contributed by atoms with van der Waals surface area (Å²) in [5, 5.41) is 0. The van der Waals surface area contributed by atoms with Crippen molar-refractivity contribution in [1.29, 1.82) is 0 Å². The Labute approximate surface area is 144 Å². The Bertz CT molecular complexity index is 1000. The highest BCUT2D eigenvalue weighted by molar-refractivity contribution is 7.92. The van der Waals surface area contributed by atoms with Gasteiger partial charge >= 0.3 is 0 Å². The number of halogens is 2. The molecule has 2 aromatic rings. The first-order valence-electron chi connectivity index (χ1n) is 7.28. The van der Waals surface area contributed by atoms with Crippen molar-refractivity contribution in [3.63, 3.8) is 0 Å². The van der Waals surface area contributed by atoms with Crippen LogP contribution >= 0.6 is 0 Å². The molecular weight excluding hydrogens is 374 g/mol. The van der Waals surface area contributed by atoms with Crippen molar-refractivity contribution in [3.05, 3.63) is 54.1 Å². The minimum absolute atomic E-state index is 0.0498. The Hall–Kier alpha value is -2.04. The zero-order valence-electron chi connectivity index (χ0n) is 12.7. The molecule has 6 nitrogen and oxygen atoms in total. The maximum Gasteiger partial charge on any atom is 0.261 e. The van der Waals surface area contributed by atoms with E-state index in [1.165, 1.54) is 12.1 Å². The highest BCUT2D eigenvalue weighted by Gasteiger charge is 2.28. The lowest BCUT2D eigenvalue weighted by molar-refractivity contribution is 0.509. The normalized spacial score (nSPS) is 15.1. The lowest BCUT2D eigenvalue weighted by Gasteiger charge is -2.10. The molecule has 0 bridgehead atoms. The standard InChI is InChI=1S/C15H14F2N2O4S2/c16-14-8-3-11(9-15(14)17)19-25(22,23)13-6-4-12(5-7-13)24(20,21)18-10-1-2-10/h3-10,18-19H,1-2H2. The van der Waals surface area contributed by atoms with Crippen LogP contribution in [0.2, 0.25) is 0 Å². The van der Waals surface area contributed by atoms with Gasteiger partial charge in [0, 0.05) is 12.1 Å². The highest BCUT2D eigenvalue weighted by atomic mass is 32.2. The predicted octanol–water partition coefficient (Wildman–Crippen LogP) is 2.21. The second kappa shape index (κ2) is 6.36. The summed E-state index contributed by atoms with van der Waals surface area (Å²) < 4.78 is 79.3. The molecule has 0 unspecified atom stereocenters. The summed E-state index contributed by atoms with van der Waals surface area (Å²) in [6, 6.07) is 7.12. The summed E-state index contributed by atoms with van der Waals surface area (Å²) in [5.41, 5.74) is -0.147. The molecule has 0 radical (unpaired) electrons. The van der Waals surface area contributed by atoms with Gasteiger partial charge in [0.2, 0.25) is 10.0 Å². The van der Waals surface area contributed by atoms with Gasteiger partial charge < -0.3 is 0 Å². The fourth-order valence-electron chi connectivity index (χ4n) is 2.06. The molecule has 2 aromatic carbocycles. The highest BCUT2D eigenvalue weighted by Crippen LogP contribution is 2.23. The van der Waals surface area contributed by atoms with Crippen molar-refractivity contribution in [2.75, 3.05) is 4.72 Å². The first-order chi connectivity index (χ1) is 11.7. The van der Waals surface area contributed by atoms with E-state index in [1.54, 1.807) is 0 Å². The molecule has 0 heterocycles. The lowest BCUT2D eigenvalue weighted by atomic mass is 10.3. The number of hydrogen-bond acceptors (Lipinski definition) is 4. The van der Waals surface area contributed by atoms with Crippen LogP contribution < -0.4 is 9.44 Å². The van der Waals surface area contributed by atoms with E-state index in [0.717, 1.165) is 37.1 Å². The molecule has 1 saturated carbocycles. The number of anilines is 1. The first kappa shape index (κ1) is 17.8. The molecule has 0 aromatic heterocycles. The lowest BCUT2D eigenvalue weighted by Crippen LogP contribution is -2.25. The summed E-state index contributed by atoms with van der Waals surface area (Å²) in [7, 11) is -7.76. The van der Waals surface area contributed by atoms with E-state index in [4.69, 9.17) is 0 Å². The third-order valence-corrected chi connectivity index (χ3v) is 6.45. The molecule has 2 N–H and O–H groups in total. The first-order valence-corrected chi connectivity index (χ1v) is 10.2. The van der Waals surface area contributed by atoms with E-state index in [9.17, 15) is 25.6 Å². The smallest absolute Gasteiger partial charge is 0.261 e. The molecule has 1 aliphatic rings. The summed E-state index contributed by atoms with van der Waals surface area (Å²) >= 11 is 0. The van der Waals surface area contributed by atoms with Crippen LogP contribution in [-0.2, 0) is 20.0 Å². The minimum atomic E-state index is -4.07. The van der Waals surface area contributed by atoms with E-state index in [0.29, 0.717) is 6.07 Å². The molecule has 0 atom stereocenters. The zero-order valence-corrected chi connectivity index (χ0v) is 14.4. The average molecular weight is 388 g/mol. The van der Waals surface area contributed by atoms with Crippen LogP contribution in [0.1, 0.15) is 12.8 Å². The molecule has 1 fully saturated rings. The summed E-state index contributed by atoms with van der Waals surface area (Å²) in [4.78, 5) is -0.256. The van der Waals surface area contributed by atoms with Crippen LogP contribution in [0.5, 0.6) is 0 Å². The molecule has 0 spiro atoms. The second-order valence-electron chi connectivity index (χ2n) is 5.60. The van der Waals surface area contributed by atoms with E-state index in [1.807, 2.05) is 0 Å². The average Bonchev–Trinajstić information content (AvgIpc) is 3.34. The number of rotatable bonds is 6. The van der Waals surface area contributed by atoms with E-state index in [2.05, 4.69) is 9.44 Å². The van der Waals surface area contributed by atoms with E-state index in [-0.39, 0.29) is 21.5 Å². The third-order valence-electron chi connectivity index (χ3n) is 3.52. The maximum absolute atomic E-state index is 13.2. The van der Waals surface area contributed by atoms with Gasteiger partial charge in [-0.3, -0.25) is 4.72 Å². The predicted molar refractivity (Wildman–Crippen MR) is 87.0 cm³/mol. The van der Waals surface area contributed by atoms with Crippen molar-refractivity contribution >= 4 is 25.7 Å². The molecule has 134 valence electrons. The topological polar surface area (TPSA) is 92.3 Å². The number of nitrogens with one attached hydrogen (secondary N) is 2. The molecule has 10 heteroatoms. The molecule has 25 heavy (non-hydrogen) atoms. The van der Waals surface area contributed by atoms with Crippen molar-refractivity contribution in [2.45, 2.75) is 28.7 Å². The maximum atomic E-state index is 13.2. The largest absolute Gasteiger partial charge is 0.280 e. The van der Waals surface area contributed by atoms with Crippen molar-refractivity contribution in [2.24, 2.45) is 0 Å². The van der Waals surface area contributed by atoms with Crippen LogP contribution in [0.4, 0.5) is 14.5 Å². The van der Waals surface area contributed by atoms with Crippen LogP contribution in [0.3, 0.4) is 0 Å². The van der Waals surface area contributed by atoms with Crippen LogP contribution in [-0.4, -0.2) is 22.9 Å². The van der Waals surface area contributed by atoms with Gasteiger partial charge in [-0.2, -0.15) is 0 Å². The fourth-order valence-corrected chi connectivity index (χ4v) is 4.41. The van der Waals surface area contributed by atoms with Gasteiger partial charge in [-0.05, 0) is 49.2 Å². The Morgan fingerprint density at radius 1 is 0.800 bits per heavy atom. The van der Waals surface area contributed by atoms with Crippen molar-refractivity contribution < 1.29 is 25.6 Å². The zero-order chi connectivity index (χ0) is 18.2. The van der Waals surface area contributed by atoms with Crippen LogP contribution in [0.15, 0.2) is 52.3 Å². The Balaban J connectivity index is 1.81. The minimum Gasteiger partial charge on any atom is -0.280 e. The summed E-state index contributed by atoms with van der Waals surface area (Å²) in [5.74, 6) is -2.28. The molecule has 0 saturated heterocycles.